The Hall–Kier alpha value is -2.62. The minimum atomic E-state index is -0.639. The molecule has 0 bridgehead atoms. The fourth-order valence-corrected chi connectivity index (χ4v) is 2.79. The number of imidazole rings is 1. The van der Waals surface area contributed by atoms with Crippen molar-refractivity contribution in [3.8, 4) is 0 Å². The number of rotatable bonds is 3. The smallest absolute Gasteiger partial charge is 0.306 e. The van der Waals surface area contributed by atoms with E-state index in [2.05, 4.69) is 4.98 Å². The van der Waals surface area contributed by atoms with Crippen molar-refractivity contribution in [3.05, 3.63) is 70.6 Å². The van der Waals surface area contributed by atoms with Gasteiger partial charge >= 0.3 is 5.69 Å². The summed E-state index contributed by atoms with van der Waals surface area (Å²) in [6.07, 6.45) is 0. The summed E-state index contributed by atoms with van der Waals surface area (Å²) in [4.78, 5) is 28.5. The van der Waals surface area contributed by atoms with Gasteiger partial charge in [0.1, 0.15) is 6.04 Å². The van der Waals surface area contributed by atoms with Crippen LogP contribution in [0.2, 0.25) is 0 Å². The number of H-pyrrole nitrogens is 1. The Morgan fingerprint density at radius 3 is 2.26 bits per heavy atom. The first kappa shape index (κ1) is 15.3. The highest BCUT2D eigenvalue weighted by Crippen LogP contribution is 2.30. The van der Waals surface area contributed by atoms with E-state index in [-0.39, 0.29) is 11.5 Å². The van der Waals surface area contributed by atoms with Crippen molar-refractivity contribution in [3.63, 3.8) is 0 Å². The van der Waals surface area contributed by atoms with Crippen LogP contribution < -0.4 is 5.69 Å². The summed E-state index contributed by atoms with van der Waals surface area (Å²) in [5.74, 6) is 0.00977. The van der Waals surface area contributed by atoms with E-state index < -0.39 is 11.5 Å². The van der Waals surface area contributed by atoms with Gasteiger partial charge in [-0.05, 0) is 17.7 Å². The van der Waals surface area contributed by atoms with Gasteiger partial charge < -0.3 is 4.98 Å². The van der Waals surface area contributed by atoms with Gasteiger partial charge in [-0.25, -0.2) is 4.79 Å². The maximum atomic E-state index is 13.1. The fraction of sp³-hybridized carbons (Fsp3) is 0.263. The lowest BCUT2D eigenvalue weighted by Gasteiger charge is -2.26. The molecule has 3 rings (SSSR count). The highest BCUT2D eigenvalue weighted by Gasteiger charge is 2.33. The molecule has 0 aliphatic heterocycles. The van der Waals surface area contributed by atoms with Gasteiger partial charge in [0, 0.05) is 5.41 Å². The standard InChI is InChI=1S/C19H20N2O2/c1-19(2,3)17(22)16(13-9-5-4-6-10-13)21-15-12-8-7-11-14(15)20-18(21)23/h4-12,16H,1-3H3,(H,20,23). The first-order valence-electron chi connectivity index (χ1n) is 7.68. The SMILES string of the molecule is CC(C)(C)C(=O)C(c1ccccc1)n1c(=O)[nH]c2ccccc21. The number of hydrogen-bond donors (Lipinski definition) is 1. The number of carbonyl (C=O) groups is 1. The lowest BCUT2D eigenvalue weighted by molar-refractivity contribution is -0.128. The average molecular weight is 308 g/mol. The molecule has 0 spiro atoms. The number of nitrogens with zero attached hydrogens (tertiary/aromatic N) is 1. The van der Waals surface area contributed by atoms with Gasteiger partial charge in [-0.2, -0.15) is 0 Å². The second kappa shape index (κ2) is 5.54. The molecule has 0 saturated heterocycles. The Morgan fingerprint density at radius 1 is 1.00 bits per heavy atom. The molecule has 4 nitrogen and oxygen atoms in total. The Morgan fingerprint density at radius 2 is 1.61 bits per heavy atom. The van der Waals surface area contributed by atoms with E-state index in [1.54, 1.807) is 4.57 Å². The van der Waals surface area contributed by atoms with E-state index in [0.717, 1.165) is 16.6 Å². The zero-order valence-corrected chi connectivity index (χ0v) is 13.5. The number of Topliss-reactive ketones (excluding diaryl/α,β-unsaturated/α-hetero) is 1. The third-order valence-corrected chi connectivity index (χ3v) is 3.99. The lowest BCUT2D eigenvalue weighted by atomic mass is 9.83. The monoisotopic (exact) mass is 308 g/mol. The summed E-state index contributed by atoms with van der Waals surface area (Å²) in [6.45, 7) is 5.64. The van der Waals surface area contributed by atoms with Crippen LogP contribution in [0.3, 0.4) is 0 Å². The zero-order valence-electron chi connectivity index (χ0n) is 13.5. The van der Waals surface area contributed by atoms with Crippen LogP contribution in [0.1, 0.15) is 32.4 Å². The quantitative estimate of drug-likeness (QED) is 0.804. The van der Waals surface area contributed by atoms with Crippen molar-refractivity contribution in [1.29, 1.82) is 0 Å². The molecule has 1 atom stereocenters. The second-order valence-electron chi connectivity index (χ2n) is 6.74. The molecule has 1 heterocycles. The van der Waals surface area contributed by atoms with Crippen LogP contribution in [0.15, 0.2) is 59.4 Å². The van der Waals surface area contributed by atoms with E-state index in [1.165, 1.54) is 0 Å². The number of aromatic nitrogens is 2. The van der Waals surface area contributed by atoms with Gasteiger partial charge in [-0.15, -0.1) is 0 Å². The third-order valence-electron chi connectivity index (χ3n) is 3.99. The van der Waals surface area contributed by atoms with Crippen LogP contribution in [0.5, 0.6) is 0 Å². The summed E-state index contributed by atoms with van der Waals surface area (Å²) in [5.41, 5.74) is 1.47. The molecule has 3 aromatic rings. The molecule has 0 fully saturated rings. The summed E-state index contributed by atoms with van der Waals surface area (Å²) in [7, 11) is 0. The maximum Gasteiger partial charge on any atom is 0.327 e. The first-order chi connectivity index (χ1) is 10.9. The number of ketones is 1. The number of fused-ring (bicyclic) bond motifs is 1. The van der Waals surface area contributed by atoms with E-state index in [0.29, 0.717) is 0 Å². The molecule has 0 aliphatic carbocycles. The molecular weight excluding hydrogens is 288 g/mol. The van der Waals surface area contributed by atoms with E-state index in [4.69, 9.17) is 0 Å². The highest BCUT2D eigenvalue weighted by atomic mass is 16.2. The molecule has 2 aromatic carbocycles. The van der Waals surface area contributed by atoms with Gasteiger partial charge in [0.2, 0.25) is 0 Å². The third kappa shape index (κ3) is 2.72. The number of benzene rings is 2. The topological polar surface area (TPSA) is 54.9 Å². The highest BCUT2D eigenvalue weighted by molar-refractivity contribution is 5.91. The van der Waals surface area contributed by atoms with E-state index in [9.17, 15) is 9.59 Å². The molecular formula is C19H20N2O2. The minimum Gasteiger partial charge on any atom is -0.306 e. The largest absolute Gasteiger partial charge is 0.327 e. The van der Waals surface area contributed by atoms with E-state index >= 15 is 0 Å². The van der Waals surface area contributed by atoms with Gasteiger partial charge in [0.05, 0.1) is 11.0 Å². The molecule has 4 heteroatoms. The Labute approximate surface area is 134 Å². The Balaban J connectivity index is 2.29. The maximum absolute atomic E-state index is 13.1. The van der Waals surface area contributed by atoms with Crippen LogP contribution in [-0.2, 0) is 4.79 Å². The van der Waals surface area contributed by atoms with Gasteiger partial charge in [0.15, 0.2) is 5.78 Å². The van der Waals surface area contributed by atoms with Crippen LogP contribution in [0, 0.1) is 5.41 Å². The molecule has 1 unspecified atom stereocenters. The number of hydrogen-bond acceptors (Lipinski definition) is 2. The molecule has 0 saturated carbocycles. The molecule has 1 aromatic heterocycles. The number of para-hydroxylation sites is 2. The van der Waals surface area contributed by atoms with E-state index in [1.807, 2.05) is 75.4 Å². The molecule has 23 heavy (non-hydrogen) atoms. The molecule has 0 aliphatic rings. The average Bonchev–Trinajstić information content (AvgIpc) is 2.84. The lowest BCUT2D eigenvalue weighted by Crippen LogP contribution is -2.35. The number of carbonyl (C=O) groups excluding carboxylic acids is 1. The Bertz CT molecular complexity index is 898. The van der Waals surface area contributed by atoms with Crippen LogP contribution in [-0.4, -0.2) is 15.3 Å². The molecule has 118 valence electrons. The zero-order chi connectivity index (χ0) is 16.6. The summed E-state index contributed by atoms with van der Waals surface area (Å²) >= 11 is 0. The molecule has 1 N–H and O–H groups in total. The van der Waals surface area contributed by atoms with Crippen molar-refractivity contribution < 1.29 is 4.79 Å². The van der Waals surface area contributed by atoms with Gasteiger partial charge in [-0.1, -0.05) is 63.2 Å². The molecule has 0 amide bonds. The summed E-state index contributed by atoms with van der Waals surface area (Å²) < 4.78 is 1.57. The normalized spacial score (nSPS) is 13.2. The minimum absolute atomic E-state index is 0.00977. The van der Waals surface area contributed by atoms with Crippen molar-refractivity contribution in [1.82, 2.24) is 9.55 Å². The van der Waals surface area contributed by atoms with Gasteiger partial charge in [-0.3, -0.25) is 9.36 Å². The van der Waals surface area contributed by atoms with Gasteiger partial charge in [0.25, 0.3) is 0 Å². The van der Waals surface area contributed by atoms with Crippen LogP contribution in [0.4, 0.5) is 0 Å². The molecule has 0 radical (unpaired) electrons. The van der Waals surface area contributed by atoms with Crippen molar-refractivity contribution in [2.75, 3.05) is 0 Å². The Kier molecular flexibility index (Phi) is 3.68. The predicted molar refractivity (Wildman–Crippen MR) is 91.6 cm³/mol. The van der Waals surface area contributed by atoms with Crippen LogP contribution in [0.25, 0.3) is 11.0 Å². The summed E-state index contributed by atoms with van der Waals surface area (Å²) in [5, 5.41) is 0. The fourth-order valence-electron chi connectivity index (χ4n) is 2.79. The van der Waals surface area contributed by atoms with Crippen molar-refractivity contribution in [2.45, 2.75) is 26.8 Å². The van der Waals surface area contributed by atoms with Crippen molar-refractivity contribution >= 4 is 16.8 Å². The van der Waals surface area contributed by atoms with Crippen molar-refractivity contribution in [2.24, 2.45) is 5.41 Å². The van der Waals surface area contributed by atoms with Crippen LogP contribution >= 0.6 is 0 Å². The number of nitrogens with one attached hydrogen (secondary N) is 1. The second-order valence-corrected chi connectivity index (χ2v) is 6.74. The summed E-state index contributed by atoms with van der Waals surface area (Å²) in [6, 6.07) is 16.3. The first-order valence-corrected chi connectivity index (χ1v) is 7.68. The number of aromatic amines is 1. The predicted octanol–water partition coefficient (Wildman–Crippen LogP) is 3.53.